The number of rotatable bonds is 7. The van der Waals surface area contributed by atoms with E-state index >= 15 is 0 Å². The van der Waals surface area contributed by atoms with Crippen LogP contribution in [0.15, 0.2) is 24.3 Å². The zero-order valence-corrected chi connectivity index (χ0v) is 11.6. The van der Waals surface area contributed by atoms with Gasteiger partial charge in [-0.05, 0) is 43.0 Å². The summed E-state index contributed by atoms with van der Waals surface area (Å²) in [4.78, 5) is 11.4. The summed E-state index contributed by atoms with van der Waals surface area (Å²) in [5.74, 6) is 0.904. The van der Waals surface area contributed by atoms with Gasteiger partial charge >= 0.3 is 5.97 Å². The van der Waals surface area contributed by atoms with Crippen molar-refractivity contribution in [1.82, 2.24) is 0 Å². The summed E-state index contributed by atoms with van der Waals surface area (Å²) in [6.45, 7) is 4.68. The van der Waals surface area contributed by atoms with Crippen molar-refractivity contribution in [2.24, 2.45) is 5.92 Å². The molecule has 1 rings (SSSR count). The lowest BCUT2D eigenvalue weighted by Gasteiger charge is -2.08. The van der Waals surface area contributed by atoms with Crippen molar-refractivity contribution in [3.8, 4) is 5.75 Å². The molecular formula is C14H19ClO3. The van der Waals surface area contributed by atoms with E-state index in [0.29, 0.717) is 23.3 Å². The monoisotopic (exact) mass is 270 g/mol. The van der Waals surface area contributed by atoms with Crippen molar-refractivity contribution < 1.29 is 14.3 Å². The van der Waals surface area contributed by atoms with Crippen LogP contribution in [0.2, 0.25) is 5.02 Å². The van der Waals surface area contributed by atoms with E-state index in [1.807, 2.05) is 0 Å². The minimum atomic E-state index is -0.339. The number of carbonyl (C=O) groups is 1. The van der Waals surface area contributed by atoms with Crippen molar-refractivity contribution in [3.63, 3.8) is 0 Å². The molecule has 0 radical (unpaired) electrons. The van der Waals surface area contributed by atoms with Crippen LogP contribution in [0.5, 0.6) is 5.75 Å². The fraction of sp³-hybridized carbons (Fsp3) is 0.500. The van der Waals surface area contributed by atoms with Gasteiger partial charge in [0.2, 0.25) is 0 Å². The third-order valence-corrected chi connectivity index (χ3v) is 2.61. The molecule has 0 N–H and O–H groups in total. The number of carbonyl (C=O) groups excluding carboxylic acids is 1. The molecule has 0 saturated heterocycles. The highest BCUT2D eigenvalue weighted by atomic mass is 35.5. The van der Waals surface area contributed by atoms with Gasteiger partial charge in [0.25, 0.3) is 0 Å². The van der Waals surface area contributed by atoms with Crippen LogP contribution in [0.1, 0.15) is 26.7 Å². The molecule has 0 saturated carbocycles. The molecule has 0 aliphatic heterocycles. The van der Waals surface area contributed by atoms with Gasteiger partial charge in [-0.2, -0.15) is 0 Å². The molecule has 0 heterocycles. The maximum atomic E-state index is 11.4. The third kappa shape index (κ3) is 6.50. The fourth-order valence-corrected chi connectivity index (χ4v) is 1.52. The third-order valence-electron chi connectivity index (χ3n) is 2.36. The van der Waals surface area contributed by atoms with Gasteiger partial charge in [0.15, 0.2) is 6.61 Å². The van der Waals surface area contributed by atoms with E-state index in [1.54, 1.807) is 24.3 Å². The Balaban J connectivity index is 2.15. The summed E-state index contributed by atoms with van der Waals surface area (Å²) in [7, 11) is 0. The minimum absolute atomic E-state index is 0.0662. The lowest BCUT2D eigenvalue weighted by molar-refractivity contribution is -0.146. The molecule has 0 atom stereocenters. The Kier molecular flexibility index (Phi) is 6.58. The average molecular weight is 271 g/mol. The van der Waals surface area contributed by atoms with E-state index in [9.17, 15) is 4.79 Å². The number of hydrogen-bond acceptors (Lipinski definition) is 3. The summed E-state index contributed by atoms with van der Waals surface area (Å²) < 4.78 is 10.3. The molecule has 0 aliphatic rings. The topological polar surface area (TPSA) is 35.5 Å². The highest BCUT2D eigenvalue weighted by Gasteiger charge is 2.04. The maximum Gasteiger partial charge on any atom is 0.344 e. The largest absolute Gasteiger partial charge is 0.482 e. The fourth-order valence-electron chi connectivity index (χ4n) is 1.39. The average Bonchev–Trinajstić information content (AvgIpc) is 2.34. The highest BCUT2D eigenvalue weighted by molar-refractivity contribution is 6.30. The van der Waals surface area contributed by atoms with Gasteiger partial charge in [-0.15, -0.1) is 0 Å². The van der Waals surface area contributed by atoms with Gasteiger partial charge in [-0.3, -0.25) is 0 Å². The molecule has 1 aromatic rings. The van der Waals surface area contributed by atoms with Gasteiger partial charge in [0, 0.05) is 5.02 Å². The second-order valence-corrected chi connectivity index (χ2v) is 4.94. The minimum Gasteiger partial charge on any atom is -0.482 e. The van der Waals surface area contributed by atoms with Gasteiger partial charge < -0.3 is 9.47 Å². The van der Waals surface area contributed by atoms with Gasteiger partial charge in [0.05, 0.1) is 6.61 Å². The Morgan fingerprint density at radius 3 is 2.56 bits per heavy atom. The van der Waals surface area contributed by atoms with Crippen molar-refractivity contribution in [3.05, 3.63) is 29.3 Å². The normalized spacial score (nSPS) is 10.4. The Hall–Kier alpha value is -1.22. The summed E-state index contributed by atoms with van der Waals surface area (Å²) in [5.41, 5.74) is 0. The summed E-state index contributed by atoms with van der Waals surface area (Å²) >= 11 is 5.74. The summed E-state index contributed by atoms with van der Waals surface area (Å²) in [5, 5.41) is 0.638. The first-order valence-corrected chi connectivity index (χ1v) is 6.49. The smallest absolute Gasteiger partial charge is 0.344 e. The first-order chi connectivity index (χ1) is 8.58. The van der Waals surface area contributed by atoms with Crippen molar-refractivity contribution in [2.75, 3.05) is 13.2 Å². The molecule has 0 aromatic heterocycles. The first-order valence-electron chi connectivity index (χ1n) is 6.12. The molecule has 4 heteroatoms. The number of ether oxygens (including phenoxy) is 2. The molecule has 0 bridgehead atoms. The quantitative estimate of drug-likeness (QED) is 0.560. The van der Waals surface area contributed by atoms with E-state index in [-0.39, 0.29) is 12.6 Å². The number of halogens is 1. The van der Waals surface area contributed by atoms with Crippen molar-refractivity contribution >= 4 is 17.6 Å². The standard InChI is InChI=1S/C14H19ClO3/c1-11(2)4-3-9-17-14(16)10-18-13-7-5-12(15)6-8-13/h5-8,11H,3-4,9-10H2,1-2H3. The van der Waals surface area contributed by atoms with Crippen molar-refractivity contribution in [2.45, 2.75) is 26.7 Å². The Morgan fingerprint density at radius 2 is 1.94 bits per heavy atom. The molecule has 0 fully saturated rings. The van der Waals surface area contributed by atoms with E-state index in [0.717, 1.165) is 12.8 Å². The second kappa shape index (κ2) is 7.98. The molecule has 1 aromatic carbocycles. The van der Waals surface area contributed by atoms with Crippen molar-refractivity contribution in [1.29, 1.82) is 0 Å². The molecule has 18 heavy (non-hydrogen) atoms. The first kappa shape index (κ1) is 14.8. The predicted octanol–water partition coefficient (Wildman–Crippen LogP) is 3.70. The Morgan fingerprint density at radius 1 is 1.28 bits per heavy atom. The SMILES string of the molecule is CC(C)CCCOC(=O)COc1ccc(Cl)cc1. The molecule has 0 unspecified atom stereocenters. The molecular weight excluding hydrogens is 252 g/mol. The van der Waals surface area contributed by atoms with Gasteiger partial charge in [0.1, 0.15) is 5.75 Å². The number of esters is 1. The van der Waals surface area contributed by atoms with Crippen LogP contribution < -0.4 is 4.74 Å². The van der Waals surface area contributed by atoms with Crippen LogP contribution in [0.3, 0.4) is 0 Å². The van der Waals surface area contributed by atoms with Crippen LogP contribution in [0.25, 0.3) is 0 Å². The van der Waals surface area contributed by atoms with E-state index in [4.69, 9.17) is 21.1 Å². The lowest BCUT2D eigenvalue weighted by atomic mass is 10.1. The zero-order chi connectivity index (χ0) is 13.4. The van der Waals surface area contributed by atoms with Crippen LogP contribution in [-0.2, 0) is 9.53 Å². The molecule has 0 amide bonds. The molecule has 0 spiro atoms. The van der Waals surface area contributed by atoms with E-state index in [1.165, 1.54) is 0 Å². The Labute approximate surface area is 113 Å². The van der Waals surface area contributed by atoms with Crippen LogP contribution >= 0.6 is 11.6 Å². The highest BCUT2D eigenvalue weighted by Crippen LogP contribution is 2.15. The van der Waals surface area contributed by atoms with Gasteiger partial charge in [-0.25, -0.2) is 4.79 Å². The number of benzene rings is 1. The second-order valence-electron chi connectivity index (χ2n) is 4.50. The maximum absolute atomic E-state index is 11.4. The Bertz CT molecular complexity index is 360. The summed E-state index contributed by atoms with van der Waals surface area (Å²) in [6, 6.07) is 6.86. The van der Waals surface area contributed by atoms with Crippen LogP contribution in [0, 0.1) is 5.92 Å². The van der Waals surface area contributed by atoms with E-state index < -0.39 is 0 Å². The lowest BCUT2D eigenvalue weighted by Crippen LogP contribution is -2.15. The summed E-state index contributed by atoms with van der Waals surface area (Å²) in [6.07, 6.45) is 1.95. The number of hydrogen-bond donors (Lipinski definition) is 0. The molecule has 3 nitrogen and oxygen atoms in total. The zero-order valence-electron chi connectivity index (χ0n) is 10.8. The van der Waals surface area contributed by atoms with Gasteiger partial charge in [-0.1, -0.05) is 25.4 Å². The van der Waals surface area contributed by atoms with E-state index in [2.05, 4.69) is 13.8 Å². The molecule has 0 aliphatic carbocycles. The molecule has 100 valence electrons. The van der Waals surface area contributed by atoms with Crippen LogP contribution in [-0.4, -0.2) is 19.2 Å². The van der Waals surface area contributed by atoms with Crippen LogP contribution in [0.4, 0.5) is 0 Å². The predicted molar refractivity (Wildman–Crippen MR) is 72.0 cm³/mol.